The molecule has 1 saturated heterocycles. The number of rotatable bonds is 6. The number of likely N-dealkylation sites (tertiary alicyclic amines) is 1. The van der Waals surface area contributed by atoms with Crippen LogP contribution >= 0.6 is 0 Å². The molecule has 0 unspecified atom stereocenters. The van der Waals surface area contributed by atoms with Gasteiger partial charge < -0.3 is 4.90 Å². The Kier molecular flexibility index (Phi) is 6.52. The quantitative estimate of drug-likeness (QED) is 0.495. The molecule has 0 aliphatic carbocycles. The Bertz CT molecular complexity index is 1060. The van der Waals surface area contributed by atoms with Crippen LogP contribution in [0.3, 0.4) is 0 Å². The van der Waals surface area contributed by atoms with Gasteiger partial charge in [0.25, 0.3) is 5.91 Å². The van der Waals surface area contributed by atoms with Crippen molar-refractivity contribution in [3.63, 3.8) is 0 Å². The summed E-state index contributed by atoms with van der Waals surface area (Å²) in [7, 11) is 0. The SMILES string of the molecule is O=C(CN1CCCCCC1=O)N/N=C\c1cn(-c2ccccc2)nc1-c1ccccc1. The smallest absolute Gasteiger partial charge is 0.259 e. The van der Waals surface area contributed by atoms with Gasteiger partial charge in [-0.15, -0.1) is 0 Å². The molecule has 4 rings (SSSR count). The second-order valence-electron chi connectivity index (χ2n) is 7.50. The number of nitrogens with zero attached hydrogens (tertiary/aromatic N) is 4. The summed E-state index contributed by atoms with van der Waals surface area (Å²) in [6.07, 6.45) is 6.83. The molecule has 1 aliphatic heterocycles. The Morgan fingerprint density at radius 2 is 1.77 bits per heavy atom. The van der Waals surface area contributed by atoms with E-state index in [1.54, 1.807) is 15.8 Å². The number of aromatic nitrogens is 2. The highest BCUT2D eigenvalue weighted by Crippen LogP contribution is 2.22. The molecule has 2 heterocycles. The number of nitrogens with one attached hydrogen (secondary N) is 1. The van der Waals surface area contributed by atoms with E-state index in [1.165, 1.54) is 0 Å². The standard InChI is InChI=1S/C24H25N5O2/c30-22(18-28-15-9-3-8-14-23(28)31)26-25-16-20-17-29(21-12-6-2-7-13-21)27-24(20)19-10-4-1-5-11-19/h1-2,4-7,10-13,16-17H,3,8-9,14-15,18H2,(H,26,30)/b25-16-. The summed E-state index contributed by atoms with van der Waals surface area (Å²) in [5.74, 6) is -0.268. The molecule has 158 valence electrons. The van der Waals surface area contributed by atoms with Crippen molar-refractivity contribution in [1.29, 1.82) is 0 Å². The summed E-state index contributed by atoms with van der Waals surface area (Å²) in [5.41, 5.74) is 5.99. The minimum atomic E-state index is -0.303. The maximum Gasteiger partial charge on any atom is 0.259 e. The second-order valence-corrected chi connectivity index (χ2v) is 7.50. The zero-order valence-electron chi connectivity index (χ0n) is 17.3. The van der Waals surface area contributed by atoms with Crippen LogP contribution in [0.1, 0.15) is 31.2 Å². The van der Waals surface area contributed by atoms with E-state index in [0.717, 1.165) is 41.8 Å². The number of hydrogen-bond acceptors (Lipinski definition) is 4. The number of amides is 2. The summed E-state index contributed by atoms with van der Waals surface area (Å²) in [4.78, 5) is 26.0. The van der Waals surface area contributed by atoms with Gasteiger partial charge in [-0.2, -0.15) is 10.2 Å². The van der Waals surface area contributed by atoms with E-state index in [2.05, 4.69) is 10.5 Å². The normalized spacial score (nSPS) is 14.6. The van der Waals surface area contributed by atoms with Gasteiger partial charge in [-0.1, -0.05) is 55.0 Å². The van der Waals surface area contributed by atoms with Gasteiger partial charge in [0.2, 0.25) is 5.91 Å². The first-order chi connectivity index (χ1) is 15.2. The molecule has 1 aromatic heterocycles. The molecule has 0 saturated carbocycles. The summed E-state index contributed by atoms with van der Waals surface area (Å²) < 4.78 is 1.79. The minimum absolute atomic E-state index is 0.0327. The predicted octanol–water partition coefficient (Wildman–Crippen LogP) is 3.39. The van der Waals surface area contributed by atoms with E-state index < -0.39 is 0 Å². The van der Waals surface area contributed by atoms with Crippen molar-refractivity contribution in [3.8, 4) is 16.9 Å². The van der Waals surface area contributed by atoms with Crippen molar-refractivity contribution in [2.24, 2.45) is 5.10 Å². The Balaban J connectivity index is 1.50. The maximum atomic E-state index is 12.3. The number of carbonyl (C=O) groups excluding carboxylic acids is 2. The van der Waals surface area contributed by atoms with Gasteiger partial charge in [-0.3, -0.25) is 9.59 Å². The largest absolute Gasteiger partial charge is 0.333 e. The molecule has 0 radical (unpaired) electrons. The van der Waals surface area contributed by atoms with E-state index >= 15 is 0 Å². The molecule has 3 aromatic rings. The number of hydrogen-bond donors (Lipinski definition) is 1. The number of benzene rings is 2. The van der Waals surface area contributed by atoms with Crippen molar-refractivity contribution in [2.75, 3.05) is 13.1 Å². The van der Waals surface area contributed by atoms with Gasteiger partial charge in [0.15, 0.2) is 0 Å². The molecule has 1 aliphatic rings. The molecule has 0 spiro atoms. The fourth-order valence-electron chi connectivity index (χ4n) is 3.60. The molecule has 7 nitrogen and oxygen atoms in total. The fraction of sp³-hybridized carbons (Fsp3) is 0.250. The Hall–Kier alpha value is -3.74. The van der Waals surface area contributed by atoms with Crippen LogP contribution in [-0.2, 0) is 9.59 Å². The third-order valence-corrected chi connectivity index (χ3v) is 5.21. The van der Waals surface area contributed by atoms with Crippen molar-refractivity contribution in [1.82, 2.24) is 20.1 Å². The molecule has 2 amide bonds. The fourth-order valence-corrected chi connectivity index (χ4v) is 3.60. The predicted molar refractivity (Wildman–Crippen MR) is 120 cm³/mol. The molecule has 0 bridgehead atoms. The molecule has 7 heteroatoms. The van der Waals surface area contributed by atoms with Crippen LogP contribution < -0.4 is 5.43 Å². The van der Waals surface area contributed by atoms with Gasteiger partial charge in [-0.25, -0.2) is 10.1 Å². The summed E-state index contributed by atoms with van der Waals surface area (Å²) in [6, 6.07) is 19.7. The molecule has 31 heavy (non-hydrogen) atoms. The van der Waals surface area contributed by atoms with Crippen LogP contribution in [0.15, 0.2) is 72.0 Å². The number of carbonyl (C=O) groups is 2. The Labute approximate surface area is 181 Å². The molecule has 1 N–H and O–H groups in total. The van der Waals surface area contributed by atoms with Gasteiger partial charge >= 0.3 is 0 Å². The monoisotopic (exact) mass is 415 g/mol. The van der Waals surface area contributed by atoms with Crippen molar-refractivity contribution in [3.05, 3.63) is 72.4 Å². The first-order valence-corrected chi connectivity index (χ1v) is 10.5. The highest BCUT2D eigenvalue weighted by atomic mass is 16.2. The Morgan fingerprint density at radius 3 is 2.55 bits per heavy atom. The van der Waals surface area contributed by atoms with Gasteiger partial charge in [0.05, 0.1) is 11.9 Å². The zero-order valence-corrected chi connectivity index (χ0v) is 17.3. The summed E-state index contributed by atoms with van der Waals surface area (Å²) >= 11 is 0. The highest BCUT2D eigenvalue weighted by Gasteiger charge is 2.19. The van der Waals surface area contributed by atoms with Crippen molar-refractivity contribution in [2.45, 2.75) is 25.7 Å². The van der Waals surface area contributed by atoms with E-state index in [0.29, 0.717) is 13.0 Å². The van der Waals surface area contributed by atoms with E-state index in [4.69, 9.17) is 5.10 Å². The summed E-state index contributed by atoms with van der Waals surface area (Å²) in [6.45, 7) is 0.656. The topological polar surface area (TPSA) is 79.6 Å². The van der Waals surface area contributed by atoms with Crippen LogP contribution in [0.5, 0.6) is 0 Å². The van der Waals surface area contributed by atoms with Crippen molar-refractivity contribution < 1.29 is 9.59 Å². The zero-order chi connectivity index (χ0) is 21.5. The third kappa shape index (κ3) is 5.25. The highest BCUT2D eigenvalue weighted by molar-refractivity contribution is 5.90. The lowest BCUT2D eigenvalue weighted by atomic mass is 10.1. The number of para-hydroxylation sites is 1. The average molecular weight is 415 g/mol. The van der Waals surface area contributed by atoms with Crippen LogP contribution in [0.25, 0.3) is 16.9 Å². The lowest BCUT2D eigenvalue weighted by Crippen LogP contribution is -2.39. The first kappa shape index (κ1) is 20.5. The van der Waals surface area contributed by atoms with Crippen LogP contribution in [-0.4, -0.2) is 45.8 Å². The second kappa shape index (κ2) is 9.84. The molecular formula is C24H25N5O2. The minimum Gasteiger partial charge on any atom is -0.333 e. The Morgan fingerprint density at radius 1 is 1.03 bits per heavy atom. The lowest BCUT2D eigenvalue weighted by molar-refractivity contribution is -0.135. The van der Waals surface area contributed by atoms with Gasteiger partial charge in [-0.05, 0) is 25.0 Å². The third-order valence-electron chi connectivity index (χ3n) is 5.21. The number of hydrazone groups is 1. The van der Waals surface area contributed by atoms with E-state index in [9.17, 15) is 9.59 Å². The molecule has 1 fully saturated rings. The van der Waals surface area contributed by atoms with E-state index in [1.807, 2.05) is 66.9 Å². The van der Waals surface area contributed by atoms with E-state index in [-0.39, 0.29) is 18.4 Å². The molecule has 2 aromatic carbocycles. The van der Waals surface area contributed by atoms with Crippen molar-refractivity contribution >= 4 is 18.0 Å². The molecular weight excluding hydrogens is 390 g/mol. The lowest BCUT2D eigenvalue weighted by Gasteiger charge is -2.18. The van der Waals surface area contributed by atoms with Crippen LogP contribution in [0, 0.1) is 0 Å². The first-order valence-electron chi connectivity index (χ1n) is 10.5. The van der Waals surface area contributed by atoms with Gasteiger partial charge in [0, 0.05) is 30.3 Å². The summed E-state index contributed by atoms with van der Waals surface area (Å²) in [5, 5.41) is 8.86. The average Bonchev–Trinajstić information content (AvgIpc) is 3.13. The molecule has 0 atom stereocenters. The van der Waals surface area contributed by atoms with Crippen LogP contribution in [0.4, 0.5) is 0 Å². The van der Waals surface area contributed by atoms with Gasteiger partial charge in [0.1, 0.15) is 12.2 Å². The van der Waals surface area contributed by atoms with Crippen LogP contribution in [0.2, 0.25) is 0 Å². The maximum absolute atomic E-state index is 12.3.